The molecule has 0 aliphatic carbocycles. The predicted molar refractivity (Wildman–Crippen MR) is 116 cm³/mol. The van der Waals surface area contributed by atoms with E-state index in [0.717, 1.165) is 25.2 Å². The molecule has 1 saturated heterocycles. The van der Waals surface area contributed by atoms with Gasteiger partial charge in [-0.25, -0.2) is 14.5 Å². The number of anilines is 2. The number of rotatable bonds is 6. The molecule has 0 aromatic carbocycles. The molecule has 0 atom stereocenters. The second-order valence-electron chi connectivity index (χ2n) is 7.23. The lowest BCUT2D eigenvalue weighted by Gasteiger charge is -2.36. The summed E-state index contributed by atoms with van der Waals surface area (Å²) >= 11 is 0. The van der Waals surface area contributed by atoms with Gasteiger partial charge in [0, 0.05) is 57.9 Å². The number of aromatic nitrogens is 4. The summed E-state index contributed by atoms with van der Waals surface area (Å²) in [5.74, 6) is 0.490. The van der Waals surface area contributed by atoms with Crippen LogP contribution in [0.15, 0.2) is 48.9 Å². The Balaban J connectivity index is 1.30. The maximum absolute atomic E-state index is 14.6. The number of hydrogen-bond donors (Lipinski definition) is 2. The van der Waals surface area contributed by atoms with Crippen LogP contribution in [-0.4, -0.2) is 63.4 Å². The largest absolute Gasteiger partial charge is 0.365 e. The molecule has 0 radical (unpaired) electrons. The average Bonchev–Trinajstić information content (AvgIpc) is 3.31. The number of nitrogens with one attached hydrogen (secondary N) is 2. The van der Waals surface area contributed by atoms with E-state index in [9.17, 15) is 9.18 Å². The van der Waals surface area contributed by atoms with Crippen molar-refractivity contribution < 1.29 is 9.18 Å². The van der Waals surface area contributed by atoms with Crippen molar-refractivity contribution in [1.29, 1.82) is 0 Å². The molecule has 0 bridgehead atoms. The van der Waals surface area contributed by atoms with E-state index in [0.29, 0.717) is 37.0 Å². The highest BCUT2D eigenvalue weighted by Gasteiger charge is 2.21. The van der Waals surface area contributed by atoms with E-state index >= 15 is 0 Å². The van der Waals surface area contributed by atoms with Crippen molar-refractivity contribution in [1.82, 2.24) is 30.0 Å². The summed E-state index contributed by atoms with van der Waals surface area (Å²) in [5.41, 5.74) is 1.57. The van der Waals surface area contributed by atoms with Crippen molar-refractivity contribution >= 4 is 17.5 Å². The van der Waals surface area contributed by atoms with Gasteiger partial charge < -0.3 is 10.2 Å². The van der Waals surface area contributed by atoms with Crippen LogP contribution in [0.5, 0.6) is 0 Å². The lowest BCUT2D eigenvalue weighted by Crippen LogP contribution is -2.46. The van der Waals surface area contributed by atoms with Crippen molar-refractivity contribution in [2.45, 2.75) is 13.5 Å². The van der Waals surface area contributed by atoms with E-state index in [-0.39, 0.29) is 6.03 Å². The highest BCUT2D eigenvalue weighted by atomic mass is 19.1. The SMILES string of the molecule is CCNC(=O)Nc1ccc(CN2CCN(c3ccc(-n4cccn4)nc3F)CC2)cn1. The molecule has 3 aromatic rings. The van der Waals surface area contributed by atoms with Crippen molar-refractivity contribution in [3.05, 3.63) is 60.4 Å². The van der Waals surface area contributed by atoms with E-state index < -0.39 is 5.95 Å². The fourth-order valence-electron chi connectivity index (χ4n) is 3.50. The van der Waals surface area contributed by atoms with Gasteiger partial charge in [0.05, 0.1) is 5.69 Å². The van der Waals surface area contributed by atoms with Crippen LogP contribution in [0.3, 0.4) is 0 Å². The number of urea groups is 1. The van der Waals surface area contributed by atoms with E-state index in [1.54, 1.807) is 42.9 Å². The van der Waals surface area contributed by atoms with Gasteiger partial charge in [-0.15, -0.1) is 0 Å². The maximum Gasteiger partial charge on any atom is 0.320 e. The smallest absolute Gasteiger partial charge is 0.320 e. The van der Waals surface area contributed by atoms with Gasteiger partial charge in [0.25, 0.3) is 0 Å². The van der Waals surface area contributed by atoms with Crippen molar-refractivity contribution in [2.75, 3.05) is 42.9 Å². The van der Waals surface area contributed by atoms with E-state index in [2.05, 4.69) is 30.6 Å². The summed E-state index contributed by atoms with van der Waals surface area (Å²) in [4.78, 5) is 24.2. The molecule has 2 N–H and O–H groups in total. The van der Waals surface area contributed by atoms with Crippen molar-refractivity contribution in [3.63, 3.8) is 0 Å². The Hall–Kier alpha value is -3.53. The van der Waals surface area contributed by atoms with Crippen LogP contribution in [0.4, 0.5) is 20.7 Å². The summed E-state index contributed by atoms with van der Waals surface area (Å²) in [6, 6.07) is 8.80. The summed E-state index contributed by atoms with van der Waals surface area (Å²) < 4.78 is 16.1. The number of amides is 2. The van der Waals surface area contributed by atoms with Crippen LogP contribution in [0, 0.1) is 5.95 Å². The van der Waals surface area contributed by atoms with Crippen LogP contribution in [-0.2, 0) is 6.54 Å². The van der Waals surface area contributed by atoms with Crippen molar-refractivity contribution in [3.8, 4) is 5.82 Å². The Morgan fingerprint density at radius 3 is 2.65 bits per heavy atom. The Morgan fingerprint density at radius 1 is 1.16 bits per heavy atom. The number of pyridine rings is 2. The van der Waals surface area contributed by atoms with E-state index in [4.69, 9.17) is 0 Å². The first-order chi connectivity index (χ1) is 15.1. The van der Waals surface area contributed by atoms with Gasteiger partial charge in [0.2, 0.25) is 5.95 Å². The number of carbonyl (C=O) groups is 1. The fourth-order valence-corrected chi connectivity index (χ4v) is 3.50. The first kappa shape index (κ1) is 20.7. The number of halogens is 1. The molecule has 162 valence electrons. The van der Waals surface area contributed by atoms with Crippen LogP contribution >= 0.6 is 0 Å². The normalized spacial score (nSPS) is 14.5. The molecule has 10 heteroatoms. The highest BCUT2D eigenvalue weighted by molar-refractivity contribution is 5.88. The van der Waals surface area contributed by atoms with Crippen LogP contribution < -0.4 is 15.5 Å². The molecule has 0 saturated carbocycles. The van der Waals surface area contributed by atoms with Gasteiger partial charge in [-0.05, 0) is 36.8 Å². The van der Waals surface area contributed by atoms with Gasteiger partial charge in [-0.2, -0.15) is 14.5 Å². The molecular formula is C21H25FN8O. The molecule has 0 spiro atoms. The third-order valence-corrected chi connectivity index (χ3v) is 5.08. The van der Waals surface area contributed by atoms with Crippen molar-refractivity contribution in [2.24, 2.45) is 0 Å². The quantitative estimate of drug-likeness (QED) is 0.590. The molecule has 3 aromatic heterocycles. The van der Waals surface area contributed by atoms with Gasteiger partial charge >= 0.3 is 6.03 Å². The molecule has 4 rings (SSSR count). The van der Waals surface area contributed by atoms with E-state index in [1.165, 1.54) is 4.68 Å². The Kier molecular flexibility index (Phi) is 6.37. The molecule has 1 aliphatic rings. The second-order valence-corrected chi connectivity index (χ2v) is 7.23. The highest BCUT2D eigenvalue weighted by Crippen LogP contribution is 2.21. The van der Waals surface area contributed by atoms with Gasteiger partial charge in [-0.1, -0.05) is 6.07 Å². The minimum Gasteiger partial charge on any atom is -0.365 e. The zero-order chi connectivity index (χ0) is 21.6. The molecular weight excluding hydrogens is 399 g/mol. The zero-order valence-electron chi connectivity index (χ0n) is 17.3. The molecule has 0 unspecified atom stereocenters. The number of carbonyl (C=O) groups excluding carboxylic acids is 1. The number of hydrogen-bond acceptors (Lipinski definition) is 6. The summed E-state index contributed by atoms with van der Waals surface area (Å²) in [6.45, 7) is 6.20. The topological polar surface area (TPSA) is 91.2 Å². The maximum atomic E-state index is 14.6. The van der Waals surface area contributed by atoms with Crippen LogP contribution in [0.1, 0.15) is 12.5 Å². The third kappa shape index (κ3) is 5.15. The van der Waals surface area contributed by atoms with Gasteiger partial charge in [-0.3, -0.25) is 10.2 Å². The standard InChI is InChI=1S/C21H25FN8O/c1-2-23-21(31)26-18-6-4-16(14-24-18)15-28-10-12-29(13-11-28)17-5-7-19(27-20(17)22)30-9-3-8-25-30/h3-9,14H,2,10-13,15H2,1H3,(H2,23,24,26,31). The van der Waals surface area contributed by atoms with Gasteiger partial charge in [0.15, 0.2) is 5.82 Å². The Labute approximate surface area is 179 Å². The minimum atomic E-state index is -0.485. The Bertz CT molecular complexity index is 1000. The Morgan fingerprint density at radius 2 is 2.00 bits per heavy atom. The van der Waals surface area contributed by atoms with Gasteiger partial charge in [0.1, 0.15) is 5.82 Å². The first-order valence-corrected chi connectivity index (χ1v) is 10.3. The number of piperazine rings is 1. The summed E-state index contributed by atoms with van der Waals surface area (Å²) in [5, 5.41) is 9.44. The lowest BCUT2D eigenvalue weighted by atomic mass is 10.2. The summed E-state index contributed by atoms with van der Waals surface area (Å²) in [7, 11) is 0. The fraction of sp³-hybridized carbons (Fsp3) is 0.333. The molecule has 1 fully saturated rings. The predicted octanol–water partition coefficient (Wildman–Crippen LogP) is 2.27. The molecule has 31 heavy (non-hydrogen) atoms. The summed E-state index contributed by atoms with van der Waals surface area (Å²) in [6.07, 6.45) is 5.14. The second kappa shape index (κ2) is 9.52. The monoisotopic (exact) mass is 424 g/mol. The lowest BCUT2D eigenvalue weighted by molar-refractivity contribution is 0.248. The minimum absolute atomic E-state index is 0.266. The molecule has 4 heterocycles. The molecule has 9 nitrogen and oxygen atoms in total. The average molecular weight is 424 g/mol. The number of nitrogens with zero attached hydrogens (tertiary/aromatic N) is 6. The third-order valence-electron chi connectivity index (χ3n) is 5.08. The van der Waals surface area contributed by atoms with Crippen LogP contribution in [0.2, 0.25) is 0 Å². The molecule has 1 aliphatic heterocycles. The molecule has 2 amide bonds. The van der Waals surface area contributed by atoms with Crippen LogP contribution in [0.25, 0.3) is 5.82 Å². The zero-order valence-corrected chi connectivity index (χ0v) is 17.3. The van der Waals surface area contributed by atoms with E-state index in [1.807, 2.05) is 17.9 Å². The first-order valence-electron chi connectivity index (χ1n) is 10.3.